The molecule has 0 atom stereocenters. The maximum absolute atomic E-state index is 13.4. The van der Waals surface area contributed by atoms with E-state index >= 15 is 0 Å². The summed E-state index contributed by atoms with van der Waals surface area (Å²) in [6, 6.07) is 4.99. The van der Waals surface area contributed by atoms with Crippen molar-refractivity contribution in [3.63, 3.8) is 0 Å². The van der Waals surface area contributed by atoms with Gasteiger partial charge in [0.1, 0.15) is 5.82 Å². The number of halogens is 2. The lowest BCUT2D eigenvalue weighted by Gasteiger charge is -2.28. The molecule has 0 heterocycles. The van der Waals surface area contributed by atoms with Crippen LogP contribution in [-0.4, -0.2) is 12.5 Å². The van der Waals surface area contributed by atoms with E-state index in [1.165, 1.54) is 6.07 Å². The largest absolute Gasteiger partial charge is 0.352 e. The quantitative estimate of drug-likeness (QED) is 0.849. The van der Waals surface area contributed by atoms with E-state index in [-0.39, 0.29) is 24.1 Å². The first-order valence-electron chi connectivity index (χ1n) is 6.72. The summed E-state index contributed by atoms with van der Waals surface area (Å²) >= 11 is 0. The first kappa shape index (κ1) is 18.9. The van der Waals surface area contributed by atoms with Gasteiger partial charge in [0, 0.05) is 13.1 Å². The maximum Gasteiger partial charge on any atom is 0.227 e. The first-order valence-corrected chi connectivity index (χ1v) is 6.72. The van der Waals surface area contributed by atoms with Gasteiger partial charge in [0.05, 0.1) is 5.41 Å². The van der Waals surface area contributed by atoms with Gasteiger partial charge in [-0.05, 0) is 37.0 Å². The molecule has 1 aromatic rings. The lowest BCUT2D eigenvalue weighted by Crippen LogP contribution is -2.45. The Balaban J connectivity index is 0.00000361. The normalized spacial score (nSPS) is 10.8. The zero-order chi connectivity index (χ0) is 14.5. The minimum atomic E-state index is -0.511. The van der Waals surface area contributed by atoms with Crippen LogP contribution in [0.2, 0.25) is 0 Å². The molecule has 0 unspecified atom stereocenters. The predicted octanol–water partition coefficient (Wildman–Crippen LogP) is 2.94. The average Bonchev–Trinajstić information content (AvgIpc) is 2.42. The van der Waals surface area contributed by atoms with E-state index < -0.39 is 5.41 Å². The molecule has 0 bridgehead atoms. The number of carbonyl (C=O) groups excluding carboxylic acids is 1. The zero-order valence-electron chi connectivity index (χ0n) is 12.3. The van der Waals surface area contributed by atoms with Crippen LogP contribution in [0.1, 0.15) is 37.8 Å². The summed E-state index contributed by atoms with van der Waals surface area (Å²) in [7, 11) is 0. The lowest BCUT2D eigenvalue weighted by atomic mass is 9.81. The molecule has 0 aliphatic heterocycles. The van der Waals surface area contributed by atoms with E-state index in [1.54, 1.807) is 13.0 Å². The van der Waals surface area contributed by atoms with Gasteiger partial charge in [-0.1, -0.05) is 26.0 Å². The minimum Gasteiger partial charge on any atom is -0.352 e. The van der Waals surface area contributed by atoms with E-state index in [0.29, 0.717) is 31.5 Å². The molecule has 0 saturated heterocycles. The summed E-state index contributed by atoms with van der Waals surface area (Å²) in [5.74, 6) is -0.302. The van der Waals surface area contributed by atoms with Crippen molar-refractivity contribution in [1.82, 2.24) is 5.32 Å². The molecule has 114 valence electrons. The van der Waals surface area contributed by atoms with E-state index in [1.807, 2.05) is 19.9 Å². The summed E-state index contributed by atoms with van der Waals surface area (Å²) in [6.07, 6.45) is 1.40. The number of nitrogens with two attached hydrogens (primary N) is 1. The molecule has 1 aromatic carbocycles. The summed E-state index contributed by atoms with van der Waals surface area (Å²) in [6.45, 7) is 6.29. The van der Waals surface area contributed by atoms with Crippen LogP contribution in [0.15, 0.2) is 18.2 Å². The van der Waals surface area contributed by atoms with Crippen LogP contribution >= 0.6 is 12.4 Å². The van der Waals surface area contributed by atoms with Crippen molar-refractivity contribution >= 4 is 18.3 Å². The molecule has 3 N–H and O–H groups in total. The van der Waals surface area contributed by atoms with E-state index in [0.717, 1.165) is 5.56 Å². The third-order valence-electron chi connectivity index (χ3n) is 3.92. The zero-order valence-corrected chi connectivity index (χ0v) is 13.1. The highest BCUT2D eigenvalue weighted by Gasteiger charge is 2.32. The monoisotopic (exact) mass is 302 g/mol. The number of aryl methyl sites for hydroxylation is 1. The number of benzene rings is 1. The fourth-order valence-electron chi connectivity index (χ4n) is 2.07. The second kappa shape index (κ2) is 8.22. The van der Waals surface area contributed by atoms with E-state index in [9.17, 15) is 9.18 Å². The Hall–Kier alpha value is -1.13. The molecule has 1 amide bonds. The van der Waals surface area contributed by atoms with Crippen molar-refractivity contribution in [1.29, 1.82) is 0 Å². The Bertz CT molecular complexity index is 439. The highest BCUT2D eigenvalue weighted by molar-refractivity contribution is 5.85. The van der Waals surface area contributed by atoms with Crippen LogP contribution in [0.4, 0.5) is 4.39 Å². The van der Waals surface area contributed by atoms with Crippen LogP contribution < -0.4 is 11.1 Å². The van der Waals surface area contributed by atoms with E-state index in [4.69, 9.17) is 5.73 Å². The molecule has 0 fully saturated rings. The highest BCUT2D eigenvalue weighted by atomic mass is 35.5. The van der Waals surface area contributed by atoms with Gasteiger partial charge in [0.2, 0.25) is 5.91 Å². The number of rotatable bonds is 6. The predicted molar refractivity (Wildman–Crippen MR) is 82.3 cm³/mol. The minimum absolute atomic E-state index is 0. The van der Waals surface area contributed by atoms with Gasteiger partial charge in [-0.2, -0.15) is 0 Å². The first-order chi connectivity index (χ1) is 8.99. The van der Waals surface area contributed by atoms with Crippen molar-refractivity contribution in [2.75, 3.05) is 6.54 Å². The van der Waals surface area contributed by atoms with Crippen molar-refractivity contribution in [3.05, 3.63) is 35.1 Å². The van der Waals surface area contributed by atoms with Crippen molar-refractivity contribution in [2.24, 2.45) is 11.1 Å². The summed E-state index contributed by atoms with van der Waals surface area (Å²) in [5, 5.41) is 2.85. The fraction of sp³-hybridized carbons (Fsp3) is 0.533. The molecular formula is C15H24ClFN2O. The average molecular weight is 303 g/mol. The molecule has 3 nitrogen and oxygen atoms in total. The number of hydrogen-bond donors (Lipinski definition) is 2. The van der Waals surface area contributed by atoms with Crippen molar-refractivity contribution in [3.8, 4) is 0 Å². The van der Waals surface area contributed by atoms with Gasteiger partial charge in [-0.15, -0.1) is 12.4 Å². The van der Waals surface area contributed by atoms with Gasteiger partial charge < -0.3 is 11.1 Å². The fourth-order valence-corrected chi connectivity index (χ4v) is 2.07. The lowest BCUT2D eigenvalue weighted by molar-refractivity contribution is -0.131. The Morgan fingerprint density at radius 3 is 2.40 bits per heavy atom. The molecule has 0 aliphatic carbocycles. The molecule has 20 heavy (non-hydrogen) atoms. The van der Waals surface area contributed by atoms with Gasteiger partial charge in [-0.25, -0.2) is 4.39 Å². The number of nitrogens with one attached hydrogen (secondary N) is 1. The summed E-state index contributed by atoms with van der Waals surface area (Å²) in [5.41, 5.74) is 6.58. The SMILES string of the molecule is CCC(CC)(CN)C(=O)NCc1ccc(C)c(F)c1.Cl. The topological polar surface area (TPSA) is 55.1 Å². The third kappa shape index (κ3) is 4.18. The van der Waals surface area contributed by atoms with Gasteiger partial charge in [0.15, 0.2) is 0 Å². The Kier molecular flexibility index (Phi) is 7.76. The molecule has 0 aromatic heterocycles. The number of carbonyl (C=O) groups is 1. The molecule has 0 aliphatic rings. The highest BCUT2D eigenvalue weighted by Crippen LogP contribution is 2.25. The van der Waals surface area contributed by atoms with Crippen molar-refractivity contribution in [2.45, 2.75) is 40.2 Å². The van der Waals surface area contributed by atoms with Crippen LogP contribution in [0, 0.1) is 18.2 Å². The molecule has 5 heteroatoms. The van der Waals surface area contributed by atoms with E-state index in [2.05, 4.69) is 5.32 Å². The second-order valence-electron chi connectivity index (χ2n) is 4.96. The van der Waals surface area contributed by atoms with Crippen LogP contribution in [0.25, 0.3) is 0 Å². The Labute approximate surface area is 126 Å². The van der Waals surface area contributed by atoms with Crippen LogP contribution in [0.3, 0.4) is 0 Å². The Morgan fingerprint density at radius 1 is 1.35 bits per heavy atom. The summed E-state index contributed by atoms with van der Waals surface area (Å²) in [4.78, 5) is 12.2. The molecule has 0 spiro atoms. The van der Waals surface area contributed by atoms with Gasteiger partial charge in [-0.3, -0.25) is 4.79 Å². The number of amides is 1. The van der Waals surface area contributed by atoms with Gasteiger partial charge >= 0.3 is 0 Å². The van der Waals surface area contributed by atoms with Gasteiger partial charge in [0.25, 0.3) is 0 Å². The van der Waals surface area contributed by atoms with Crippen LogP contribution in [-0.2, 0) is 11.3 Å². The Morgan fingerprint density at radius 2 is 1.95 bits per heavy atom. The van der Waals surface area contributed by atoms with Crippen LogP contribution in [0.5, 0.6) is 0 Å². The number of hydrogen-bond acceptors (Lipinski definition) is 2. The maximum atomic E-state index is 13.4. The standard InChI is InChI=1S/C15H23FN2O.ClH/c1-4-15(5-2,10-17)14(19)18-9-12-7-6-11(3)13(16)8-12;/h6-8H,4-5,9-10,17H2,1-3H3,(H,18,19);1H. The third-order valence-corrected chi connectivity index (χ3v) is 3.92. The molecule has 0 radical (unpaired) electrons. The molecule has 1 rings (SSSR count). The molecule has 0 saturated carbocycles. The second-order valence-corrected chi connectivity index (χ2v) is 4.96. The summed E-state index contributed by atoms with van der Waals surface area (Å²) < 4.78 is 13.4. The smallest absolute Gasteiger partial charge is 0.227 e. The molecular weight excluding hydrogens is 279 g/mol. The van der Waals surface area contributed by atoms with Crippen molar-refractivity contribution < 1.29 is 9.18 Å².